The van der Waals surface area contributed by atoms with Gasteiger partial charge >= 0.3 is 0 Å². The van der Waals surface area contributed by atoms with Crippen LogP contribution in [0.25, 0.3) is 11.0 Å². The summed E-state index contributed by atoms with van der Waals surface area (Å²) in [4.78, 5) is 16.5. The molecular formula is C15H23N5O. The highest BCUT2D eigenvalue weighted by Crippen LogP contribution is 2.19. The van der Waals surface area contributed by atoms with Gasteiger partial charge in [0, 0.05) is 11.4 Å². The summed E-state index contributed by atoms with van der Waals surface area (Å²) in [6.45, 7) is 8.09. The number of aromatic nitrogens is 3. The van der Waals surface area contributed by atoms with Crippen LogP contribution in [0.2, 0.25) is 0 Å². The van der Waals surface area contributed by atoms with Crippen molar-refractivity contribution in [1.82, 2.24) is 14.8 Å². The Morgan fingerprint density at radius 3 is 2.71 bits per heavy atom. The van der Waals surface area contributed by atoms with E-state index in [4.69, 9.17) is 5.73 Å². The van der Waals surface area contributed by atoms with E-state index in [9.17, 15) is 4.79 Å². The lowest BCUT2D eigenvalue weighted by Gasteiger charge is -2.17. The maximum Gasteiger partial charge on any atom is 0.241 e. The van der Waals surface area contributed by atoms with E-state index < -0.39 is 6.04 Å². The third-order valence-electron chi connectivity index (χ3n) is 3.75. The molecule has 0 aliphatic carbocycles. The molecule has 2 rings (SSSR count). The average molecular weight is 289 g/mol. The third kappa shape index (κ3) is 3.21. The zero-order valence-corrected chi connectivity index (χ0v) is 13.0. The monoisotopic (exact) mass is 289 g/mol. The van der Waals surface area contributed by atoms with Crippen molar-refractivity contribution in [2.24, 2.45) is 11.7 Å². The van der Waals surface area contributed by atoms with E-state index in [0.717, 1.165) is 17.5 Å². The van der Waals surface area contributed by atoms with E-state index in [0.29, 0.717) is 5.69 Å². The molecule has 2 aromatic rings. The highest BCUT2D eigenvalue weighted by Gasteiger charge is 2.19. The second kappa shape index (κ2) is 6.22. The molecule has 6 nitrogen and oxygen atoms in total. The fourth-order valence-corrected chi connectivity index (χ4v) is 2.12. The molecular weight excluding hydrogens is 266 g/mol. The van der Waals surface area contributed by atoms with Crippen molar-refractivity contribution in [2.45, 2.75) is 46.2 Å². The number of carbonyl (C=O) groups excluding carboxylic acids is 1. The predicted molar refractivity (Wildman–Crippen MR) is 84.0 cm³/mol. The van der Waals surface area contributed by atoms with Crippen LogP contribution >= 0.6 is 0 Å². The normalized spacial score (nSPS) is 14.4. The second-order valence-corrected chi connectivity index (χ2v) is 5.72. The van der Waals surface area contributed by atoms with Crippen LogP contribution in [0.3, 0.4) is 0 Å². The molecule has 2 unspecified atom stereocenters. The van der Waals surface area contributed by atoms with Gasteiger partial charge in [-0.25, -0.2) is 9.67 Å². The number of fused-ring (bicyclic) bond motifs is 1. The summed E-state index contributed by atoms with van der Waals surface area (Å²) in [6.07, 6.45) is 4.27. The first-order valence-corrected chi connectivity index (χ1v) is 7.33. The minimum Gasteiger partial charge on any atom is -0.323 e. The fourth-order valence-electron chi connectivity index (χ4n) is 2.12. The number of anilines is 1. The van der Waals surface area contributed by atoms with Gasteiger partial charge in [0.25, 0.3) is 0 Å². The van der Waals surface area contributed by atoms with Crippen molar-refractivity contribution < 1.29 is 4.79 Å². The van der Waals surface area contributed by atoms with Crippen LogP contribution in [-0.4, -0.2) is 26.7 Å². The average Bonchev–Trinajstić information content (AvgIpc) is 2.88. The van der Waals surface area contributed by atoms with Crippen molar-refractivity contribution >= 4 is 22.6 Å². The topological polar surface area (TPSA) is 85.8 Å². The van der Waals surface area contributed by atoms with Gasteiger partial charge in [-0.2, -0.15) is 5.10 Å². The fraction of sp³-hybridized carbons (Fsp3) is 0.533. The van der Waals surface area contributed by atoms with Crippen LogP contribution in [0.15, 0.2) is 18.5 Å². The summed E-state index contributed by atoms with van der Waals surface area (Å²) >= 11 is 0. The van der Waals surface area contributed by atoms with E-state index in [1.165, 1.54) is 0 Å². The summed E-state index contributed by atoms with van der Waals surface area (Å²) in [7, 11) is 0. The lowest BCUT2D eigenvalue weighted by atomic mass is 9.99. The van der Waals surface area contributed by atoms with Gasteiger partial charge in [-0.3, -0.25) is 4.79 Å². The molecule has 2 heterocycles. The smallest absolute Gasteiger partial charge is 0.241 e. The molecule has 0 aliphatic rings. The molecule has 2 aromatic heterocycles. The number of hydrogen-bond acceptors (Lipinski definition) is 4. The minimum absolute atomic E-state index is 0.144. The van der Waals surface area contributed by atoms with Crippen molar-refractivity contribution in [2.75, 3.05) is 5.32 Å². The molecule has 1 amide bonds. The van der Waals surface area contributed by atoms with Crippen molar-refractivity contribution in [3.8, 4) is 0 Å². The van der Waals surface area contributed by atoms with Crippen LogP contribution in [0, 0.1) is 5.92 Å². The number of nitrogens with one attached hydrogen (secondary N) is 1. The molecule has 0 aliphatic heterocycles. The number of nitrogens with two attached hydrogens (primary N) is 1. The molecule has 21 heavy (non-hydrogen) atoms. The van der Waals surface area contributed by atoms with Crippen molar-refractivity contribution in [3.63, 3.8) is 0 Å². The zero-order chi connectivity index (χ0) is 15.6. The van der Waals surface area contributed by atoms with Crippen LogP contribution in [0.5, 0.6) is 0 Å². The first-order valence-electron chi connectivity index (χ1n) is 7.33. The van der Waals surface area contributed by atoms with Gasteiger partial charge in [-0.05, 0) is 25.8 Å². The lowest BCUT2D eigenvalue weighted by molar-refractivity contribution is -0.118. The van der Waals surface area contributed by atoms with Gasteiger partial charge in [-0.15, -0.1) is 0 Å². The standard InChI is InChI=1S/C15H23N5O/c1-5-10(4)13(16)15(21)19-12-6-11-7-18-20(9(2)3)14(11)17-8-12/h6-10,13H,5,16H2,1-4H3,(H,19,21). The Labute approximate surface area is 124 Å². The zero-order valence-electron chi connectivity index (χ0n) is 13.0. The summed E-state index contributed by atoms with van der Waals surface area (Å²) in [6, 6.07) is 1.61. The van der Waals surface area contributed by atoms with Gasteiger partial charge in [0.05, 0.1) is 24.1 Å². The minimum atomic E-state index is -0.510. The van der Waals surface area contributed by atoms with Crippen LogP contribution < -0.4 is 11.1 Å². The van der Waals surface area contributed by atoms with E-state index in [1.807, 2.05) is 24.6 Å². The summed E-state index contributed by atoms with van der Waals surface area (Å²) in [5, 5.41) is 8.03. The van der Waals surface area contributed by atoms with E-state index in [-0.39, 0.29) is 17.9 Å². The third-order valence-corrected chi connectivity index (χ3v) is 3.75. The Kier molecular flexibility index (Phi) is 4.57. The van der Waals surface area contributed by atoms with Crippen LogP contribution in [0.4, 0.5) is 5.69 Å². The first kappa shape index (κ1) is 15.4. The number of nitrogens with zero attached hydrogens (tertiary/aromatic N) is 3. The Hall–Kier alpha value is -1.95. The molecule has 2 atom stereocenters. The summed E-state index contributed by atoms with van der Waals surface area (Å²) in [5.41, 5.74) is 7.39. The molecule has 0 bridgehead atoms. The Morgan fingerprint density at radius 1 is 1.38 bits per heavy atom. The maximum absolute atomic E-state index is 12.1. The molecule has 0 saturated heterocycles. The Balaban J connectivity index is 2.18. The molecule has 3 N–H and O–H groups in total. The number of rotatable bonds is 5. The van der Waals surface area contributed by atoms with E-state index >= 15 is 0 Å². The van der Waals surface area contributed by atoms with Crippen molar-refractivity contribution in [1.29, 1.82) is 0 Å². The van der Waals surface area contributed by atoms with Crippen LogP contribution in [0.1, 0.15) is 40.2 Å². The van der Waals surface area contributed by atoms with Gasteiger partial charge in [0.15, 0.2) is 5.65 Å². The predicted octanol–water partition coefficient (Wildman–Crippen LogP) is 2.32. The number of hydrogen-bond donors (Lipinski definition) is 2. The van der Waals surface area contributed by atoms with E-state index in [2.05, 4.69) is 29.2 Å². The quantitative estimate of drug-likeness (QED) is 0.884. The van der Waals surface area contributed by atoms with Gasteiger partial charge < -0.3 is 11.1 Å². The lowest BCUT2D eigenvalue weighted by Crippen LogP contribution is -2.40. The molecule has 0 saturated carbocycles. The Morgan fingerprint density at radius 2 is 2.10 bits per heavy atom. The summed E-state index contributed by atoms with van der Waals surface area (Å²) < 4.78 is 1.85. The SMILES string of the molecule is CCC(C)C(N)C(=O)Nc1cnc2c(cnn2C(C)C)c1. The van der Waals surface area contributed by atoms with Crippen molar-refractivity contribution in [3.05, 3.63) is 18.5 Å². The molecule has 6 heteroatoms. The molecule has 0 radical (unpaired) electrons. The number of amides is 1. The number of carbonyl (C=O) groups is 1. The highest BCUT2D eigenvalue weighted by atomic mass is 16.2. The largest absolute Gasteiger partial charge is 0.323 e. The van der Waals surface area contributed by atoms with Gasteiger partial charge in [0.1, 0.15) is 0 Å². The van der Waals surface area contributed by atoms with Gasteiger partial charge in [-0.1, -0.05) is 20.3 Å². The van der Waals surface area contributed by atoms with Crippen LogP contribution in [-0.2, 0) is 4.79 Å². The van der Waals surface area contributed by atoms with Gasteiger partial charge in [0.2, 0.25) is 5.91 Å². The van der Waals surface area contributed by atoms with E-state index in [1.54, 1.807) is 12.4 Å². The second-order valence-electron chi connectivity index (χ2n) is 5.72. The summed E-state index contributed by atoms with van der Waals surface area (Å²) in [5.74, 6) is -0.0351. The maximum atomic E-state index is 12.1. The number of pyridine rings is 1. The molecule has 0 fully saturated rings. The first-order chi connectivity index (χ1) is 9.93. The molecule has 0 spiro atoms. The Bertz CT molecular complexity index is 634. The highest BCUT2D eigenvalue weighted by molar-refractivity contribution is 5.96. The molecule has 0 aromatic carbocycles. The molecule has 114 valence electrons.